The smallest absolute Gasteiger partial charge is 0.251 e. The van der Waals surface area contributed by atoms with Crippen molar-refractivity contribution >= 4 is 15.9 Å². The van der Waals surface area contributed by atoms with Gasteiger partial charge in [0.05, 0.1) is 23.3 Å². The van der Waals surface area contributed by atoms with E-state index in [1.165, 1.54) is 18.2 Å². The predicted molar refractivity (Wildman–Crippen MR) is 105 cm³/mol. The molecule has 0 fully saturated rings. The maximum absolute atomic E-state index is 12.4. The van der Waals surface area contributed by atoms with Gasteiger partial charge in [-0.2, -0.15) is 9.82 Å². The topological polar surface area (TPSA) is 93.1 Å². The molecule has 0 bridgehead atoms. The molecule has 0 aliphatic rings. The van der Waals surface area contributed by atoms with Gasteiger partial charge < -0.3 is 5.32 Å². The molecule has 8 heteroatoms. The van der Waals surface area contributed by atoms with E-state index < -0.39 is 10.0 Å². The Hall–Kier alpha value is -3.41. The second-order valence-corrected chi connectivity index (χ2v) is 7.63. The Kier molecular flexibility index (Phi) is 5.89. The second kappa shape index (κ2) is 8.52. The van der Waals surface area contributed by atoms with Crippen molar-refractivity contribution in [1.29, 1.82) is 0 Å². The van der Waals surface area contributed by atoms with Crippen LogP contribution in [-0.4, -0.2) is 30.7 Å². The number of rotatable bonds is 7. The zero-order valence-electron chi connectivity index (χ0n) is 14.9. The van der Waals surface area contributed by atoms with Gasteiger partial charge in [0.15, 0.2) is 0 Å². The van der Waals surface area contributed by atoms with Gasteiger partial charge in [0.2, 0.25) is 10.0 Å². The fraction of sp³-hybridized carbons (Fsp3) is 0.100. The molecule has 3 rings (SSSR count). The Morgan fingerprint density at radius 3 is 2.68 bits per heavy atom. The van der Waals surface area contributed by atoms with E-state index >= 15 is 0 Å². The van der Waals surface area contributed by atoms with E-state index in [-0.39, 0.29) is 29.5 Å². The summed E-state index contributed by atoms with van der Waals surface area (Å²) in [5, 5.41) is 7.04. The maximum atomic E-state index is 12.4. The second-order valence-electron chi connectivity index (χ2n) is 5.87. The number of sulfonamides is 1. The van der Waals surface area contributed by atoms with Crippen molar-refractivity contribution in [2.75, 3.05) is 6.54 Å². The minimum absolute atomic E-state index is 0.0210. The Bertz CT molecular complexity index is 1120. The van der Waals surface area contributed by atoms with Crippen molar-refractivity contribution in [2.45, 2.75) is 11.4 Å². The van der Waals surface area contributed by atoms with E-state index in [4.69, 9.17) is 6.42 Å². The van der Waals surface area contributed by atoms with Crippen LogP contribution in [0.3, 0.4) is 0 Å². The van der Waals surface area contributed by atoms with Crippen molar-refractivity contribution in [3.8, 4) is 18.0 Å². The SMILES string of the molecule is C#CCNS(=O)(=O)c1cccc(C(=O)NCc2cnn(-c3ccccc3)c2)c1. The number of terminal acetylenes is 1. The average Bonchev–Trinajstić information content (AvgIpc) is 3.20. The summed E-state index contributed by atoms with van der Waals surface area (Å²) in [6.07, 6.45) is 8.56. The highest BCUT2D eigenvalue weighted by Crippen LogP contribution is 2.12. The Labute approximate surface area is 163 Å². The first-order valence-electron chi connectivity index (χ1n) is 8.40. The Morgan fingerprint density at radius 2 is 1.93 bits per heavy atom. The van der Waals surface area contributed by atoms with Crippen LogP contribution in [0.5, 0.6) is 0 Å². The number of carbonyl (C=O) groups excluding carboxylic acids is 1. The van der Waals surface area contributed by atoms with Gasteiger partial charge in [-0.15, -0.1) is 6.42 Å². The summed E-state index contributed by atoms with van der Waals surface area (Å²) in [5.74, 6) is 1.82. The summed E-state index contributed by atoms with van der Waals surface area (Å²) in [7, 11) is -3.76. The van der Waals surface area contributed by atoms with E-state index in [0.29, 0.717) is 0 Å². The van der Waals surface area contributed by atoms with Gasteiger partial charge in [-0.25, -0.2) is 13.1 Å². The zero-order valence-corrected chi connectivity index (χ0v) is 15.7. The van der Waals surface area contributed by atoms with Crippen molar-refractivity contribution in [3.05, 3.63) is 78.1 Å². The highest BCUT2D eigenvalue weighted by molar-refractivity contribution is 7.89. The van der Waals surface area contributed by atoms with Crippen LogP contribution < -0.4 is 10.0 Å². The molecule has 1 amide bonds. The predicted octanol–water partition coefficient (Wildman–Crippen LogP) is 1.71. The number of carbonyl (C=O) groups is 1. The van der Waals surface area contributed by atoms with E-state index in [0.717, 1.165) is 11.3 Å². The largest absolute Gasteiger partial charge is 0.348 e. The first kappa shape index (κ1) is 19.4. The number of amides is 1. The van der Waals surface area contributed by atoms with Gasteiger partial charge in [0, 0.05) is 23.9 Å². The summed E-state index contributed by atoms with van der Waals surface area (Å²) >= 11 is 0. The zero-order chi connectivity index (χ0) is 20.0. The standard InChI is InChI=1S/C20H18N4O3S/c1-2-11-23-28(26,27)19-10-6-7-17(12-19)20(25)21-13-16-14-22-24(15-16)18-8-4-3-5-9-18/h1,3-10,12,14-15,23H,11,13H2,(H,21,25). The molecular formula is C20H18N4O3S. The van der Waals surface area contributed by atoms with E-state index in [1.54, 1.807) is 16.9 Å². The van der Waals surface area contributed by atoms with Gasteiger partial charge >= 0.3 is 0 Å². The first-order valence-corrected chi connectivity index (χ1v) is 9.88. The van der Waals surface area contributed by atoms with Gasteiger partial charge in [0.25, 0.3) is 5.91 Å². The number of hydrogen-bond acceptors (Lipinski definition) is 4. The van der Waals surface area contributed by atoms with Crippen molar-refractivity contribution < 1.29 is 13.2 Å². The fourth-order valence-electron chi connectivity index (χ4n) is 2.48. The lowest BCUT2D eigenvalue weighted by Gasteiger charge is -2.07. The molecule has 0 spiro atoms. The molecule has 0 radical (unpaired) electrons. The van der Waals surface area contributed by atoms with Crippen LogP contribution in [-0.2, 0) is 16.6 Å². The number of aromatic nitrogens is 2. The number of benzene rings is 2. The van der Waals surface area contributed by atoms with Crippen molar-refractivity contribution in [3.63, 3.8) is 0 Å². The highest BCUT2D eigenvalue weighted by atomic mass is 32.2. The summed E-state index contributed by atoms with van der Waals surface area (Å²) in [5.41, 5.74) is 1.97. The maximum Gasteiger partial charge on any atom is 0.251 e. The molecule has 2 aromatic carbocycles. The Balaban J connectivity index is 1.67. The quantitative estimate of drug-likeness (QED) is 0.597. The molecule has 28 heavy (non-hydrogen) atoms. The molecule has 1 aromatic heterocycles. The average molecular weight is 394 g/mol. The third-order valence-corrected chi connectivity index (χ3v) is 5.28. The van der Waals surface area contributed by atoms with Crippen LogP contribution in [0.2, 0.25) is 0 Å². The van der Waals surface area contributed by atoms with E-state index in [9.17, 15) is 13.2 Å². The number of hydrogen-bond donors (Lipinski definition) is 2. The molecule has 1 heterocycles. The van der Waals surface area contributed by atoms with Gasteiger partial charge in [-0.3, -0.25) is 4.79 Å². The molecular weight excluding hydrogens is 376 g/mol. The molecule has 0 aliphatic carbocycles. The third kappa shape index (κ3) is 4.65. The number of nitrogens with zero attached hydrogens (tertiary/aromatic N) is 2. The minimum atomic E-state index is -3.76. The summed E-state index contributed by atoms with van der Waals surface area (Å²) in [6.45, 7) is 0.141. The number of para-hydroxylation sites is 1. The molecule has 0 aliphatic heterocycles. The van der Waals surface area contributed by atoms with Crippen LogP contribution in [0.4, 0.5) is 0 Å². The van der Waals surface area contributed by atoms with Crippen LogP contribution >= 0.6 is 0 Å². The molecule has 0 atom stereocenters. The monoisotopic (exact) mass is 394 g/mol. The molecule has 2 N–H and O–H groups in total. The molecule has 0 unspecified atom stereocenters. The van der Waals surface area contributed by atoms with Crippen LogP contribution in [0.25, 0.3) is 5.69 Å². The first-order chi connectivity index (χ1) is 13.5. The van der Waals surface area contributed by atoms with Crippen LogP contribution in [0.1, 0.15) is 15.9 Å². The lowest BCUT2D eigenvalue weighted by atomic mass is 10.2. The summed E-state index contributed by atoms with van der Waals surface area (Å²) in [4.78, 5) is 12.4. The van der Waals surface area contributed by atoms with Gasteiger partial charge in [0.1, 0.15) is 0 Å². The molecule has 3 aromatic rings. The van der Waals surface area contributed by atoms with E-state index in [2.05, 4.69) is 21.1 Å². The highest BCUT2D eigenvalue weighted by Gasteiger charge is 2.15. The van der Waals surface area contributed by atoms with Crippen LogP contribution in [0.15, 0.2) is 71.9 Å². The molecule has 7 nitrogen and oxygen atoms in total. The normalized spacial score (nSPS) is 11.0. The molecule has 142 valence electrons. The van der Waals surface area contributed by atoms with Gasteiger partial charge in [-0.05, 0) is 30.3 Å². The minimum Gasteiger partial charge on any atom is -0.348 e. The number of nitrogens with one attached hydrogen (secondary N) is 2. The lowest BCUT2D eigenvalue weighted by Crippen LogP contribution is -2.25. The van der Waals surface area contributed by atoms with Crippen molar-refractivity contribution in [2.24, 2.45) is 0 Å². The van der Waals surface area contributed by atoms with Gasteiger partial charge in [-0.1, -0.05) is 30.2 Å². The lowest BCUT2D eigenvalue weighted by molar-refractivity contribution is 0.0950. The molecule has 0 saturated heterocycles. The summed E-state index contributed by atoms with van der Waals surface area (Å²) < 4.78 is 28.2. The fourth-order valence-corrected chi connectivity index (χ4v) is 3.46. The van der Waals surface area contributed by atoms with Crippen molar-refractivity contribution in [1.82, 2.24) is 19.8 Å². The van der Waals surface area contributed by atoms with Crippen LogP contribution in [0, 0.1) is 12.3 Å². The summed E-state index contributed by atoms with van der Waals surface area (Å²) in [6, 6.07) is 15.4. The molecule has 0 saturated carbocycles. The van der Waals surface area contributed by atoms with E-state index in [1.807, 2.05) is 36.5 Å². The Morgan fingerprint density at radius 1 is 1.14 bits per heavy atom. The third-order valence-electron chi connectivity index (χ3n) is 3.88.